The molecule has 4 heterocycles. The molecule has 0 amide bonds. The van der Waals surface area contributed by atoms with Crippen molar-refractivity contribution in [3.63, 3.8) is 0 Å². The molecule has 0 saturated carbocycles. The number of hydrogen-bond acceptors (Lipinski definition) is 10. The number of fused-ring (bicyclic) bond motifs is 1. The third-order valence-electron chi connectivity index (χ3n) is 7.19. The number of phenolic OH excluding ortho intramolecular Hbond substituents is 1. The van der Waals surface area contributed by atoms with Gasteiger partial charge >= 0.3 is 6.01 Å². The van der Waals surface area contributed by atoms with Crippen molar-refractivity contribution in [2.75, 3.05) is 44.9 Å². The molecule has 2 fully saturated rings. The largest absolute Gasteiger partial charge is 0.508 e. The molecular formula is C28H39N5O6. The maximum atomic E-state index is 10.3. The van der Waals surface area contributed by atoms with Crippen molar-refractivity contribution in [2.24, 2.45) is 0 Å². The second-order valence-electron chi connectivity index (χ2n) is 10.4. The first-order valence-electron chi connectivity index (χ1n) is 13.8. The third kappa shape index (κ3) is 6.60. The van der Waals surface area contributed by atoms with E-state index in [1.807, 2.05) is 23.7 Å². The summed E-state index contributed by atoms with van der Waals surface area (Å²) >= 11 is 0. The average Bonchev–Trinajstić information content (AvgIpc) is 3.56. The Morgan fingerprint density at radius 1 is 1.15 bits per heavy atom. The number of hydrogen-bond donors (Lipinski definition) is 2. The van der Waals surface area contributed by atoms with Crippen LogP contribution in [0.4, 0.5) is 5.82 Å². The normalized spacial score (nSPS) is 21.4. The first-order valence-corrected chi connectivity index (χ1v) is 13.8. The van der Waals surface area contributed by atoms with Crippen LogP contribution in [0.3, 0.4) is 0 Å². The highest BCUT2D eigenvalue weighted by Gasteiger charge is 2.27. The highest BCUT2D eigenvalue weighted by Crippen LogP contribution is 2.36. The number of methoxy groups -OCH3 is 1. The van der Waals surface area contributed by atoms with Gasteiger partial charge in [-0.15, -0.1) is 0 Å². The van der Waals surface area contributed by atoms with Crippen LogP contribution in [0.5, 0.6) is 11.8 Å². The molecular weight excluding hydrogens is 502 g/mol. The van der Waals surface area contributed by atoms with E-state index in [1.165, 1.54) is 0 Å². The fourth-order valence-corrected chi connectivity index (χ4v) is 5.05. The van der Waals surface area contributed by atoms with Gasteiger partial charge in [0.25, 0.3) is 0 Å². The lowest BCUT2D eigenvalue weighted by Crippen LogP contribution is -2.25. The Kier molecular flexibility index (Phi) is 8.81. The molecule has 5 rings (SSSR count). The molecule has 39 heavy (non-hydrogen) atoms. The summed E-state index contributed by atoms with van der Waals surface area (Å²) in [5, 5.41) is 25.5. The second-order valence-corrected chi connectivity index (χ2v) is 10.4. The number of aliphatic hydroxyl groups excluding tert-OH is 1. The van der Waals surface area contributed by atoms with E-state index in [4.69, 9.17) is 34.0 Å². The van der Waals surface area contributed by atoms with Gasteiger partial charge in [-0.05, 0) is 64.2 Å². The lowest BCUT2D eigenvalue weighted by molar-refractivity contribution is -0.0365. The Labute approximate surface area is 228 Å². The molecule has 11 nitrogen and oxygen atoms in total. The molecule has 3 unspecified atom stereocenters. The minimum atomic E-state index is -0.409. The van der Waals surface area contributed by atoms with Gasteiger partial charge in [0.1, 0.15) is 29.1 Å². The zero-order valence-electron chi connectivity index (χ0n) is 23.0. The van der Waals surface area contributed by atoms with Crippen molar-refractivity contribution in [3.05, 3.63) is 24.3 Å². The smallest absolute Gasteiger partial charge is 0.319 e. The van der Waals surface area contributed by atoms with Crippen LogP contribution in [0.25, 0.3) is 22.3 Å². The summed E-state index contributed by atoms with van der Waals surface area (Å²) in [6.07, 6.45) is 3.70. The number of anilines is 1. The molecule has 2 saturated heterocycles. The van der Waals surface area contributed by atoms with Crippen LogP contribution in [-0.2, 0) is 14.2 Å². The predicted octanol–water partition coefficient (Wildman–Crippen LogP) is 3.68. The number of phenols is 1. The maximum absolute atomic E-state index is 10.3. The highest BCUT2D eigenvalue weighted by molar-refractivity contribution is 5.93. The van der Waals surface area contributed by atoms with Crippen LogP contribution in [0.1, 0.15) is 52.2 Å². The summed E-state index contributed by atoms with van der Waals surface area (Å²) in [7, 11) is 1.73. The van der Waals surface area contributed by atoms with Crippen LogP contribution in [0.15, 0.2) is 24.3 Å². The molecule has 2 aromatic heterocycles. The second kappa shape index (κ2) is 12.5. The lowest BCUT2D eigenvalue weighted by atomic mass is 10.1. The SMILES string of the molecule is CO[C@@H]1CCN(c2cc(-c3nn(C4CCCCO4)c4ccc(O)cc34)nc(OC(C)COCCC(C)O)n2)C1. The molecule has 2 N–H and O–H groups in total. The van der Waals surface area contributed by atoms with E-state index in [0.717, 1.165) is 55.5 Å². The standard InChI is InChI=1S/C28H39N5O6/c1-18(34)10-13-37-17-19(2)39-28-29-23(15-25(30-28)32-11-9-21(16-32)36-3)27-22-14-20(35)7-8-24(22)33(31-27)26-6-4-5-12-38-26/h7-8,14-15,18-19,21,26,34-35H,4-6,9-13,16-17H2,1-3H3/t18?,19?,21-,26?/m1/s1. The number of aromatic nitrogens is 4. The van der Waals surface area contributed by atoms with Crippen molar-refractivity contribution >= 4 is 16.7 Å². The van der Waals surface area contributed by atoms with Gasteiger partial charge in [-0.2, -0.15) is 15.1 Å². The summed E-state index contributed by atoms with van der Waals surface area (Å²) in [6.45, 7) is 6.64. The van der Waals surface area contributed by atoms with Gasteiger partial charge in [0.05, 0.1) is 24.3 Å². The van der Waals surface area contributed by atoms with Crippen molar-refractivity contribution in [3.8, 4) is 23.1 Å². The molecule has 3 aromatic rings. The van der Waals surface area contributed by atoms with E-state index in [9.17, 15) is 10.2 Å². The Hall–Kier alpha value is -2.99. The third-order valence-corrected chi connectivity index (χ3v) is 7.19. The summed E-state index contributed by atoms with van der Waals surface area (Å²) in [4.78, 5) is 11.7. The van der Waals surface area contributed by atoms with E-state index >= 15 is 0 Å². The number of aliphatic hydroxyl groups is 1. The monoisotopic (exact) mass is 541 g/mol. The van der Waals surface area contributed by atoms with E-state index in [1.54, 1.807) is 26.2 Å². The fourth-order valence-electron chi connectivity index (χ4n) is 5.05. The van der Waals surface area contributed by atoms with Crippen molar-refractivity contribution in [2.45, 2.75) is 70.5 Å². The molecule has 11 heteroatoms. The predicted molar refractivity (Wildman–Crippen MR) is 146 cm³/mol. The molecule has 0 aliphatic carbocycles. The number of rotatable bonds is 11. The van der Waals surface area contributed by atoms with Crippen LogP contribution < -0.4 is 9.64 Å². The Morgan fingerprint density at radius 2 is 2.03 bits per heavy atom. The zero-order chi connectivity index (χ0) is 27.4. The minimum absolute atomic E-state index is 0.134. The zero-order valence-corrected chi connectivity index (χ0v) is 23.0. The molecule has 4 atom stereocenters. The number of aromatic hydroxyl groups is 1. The van der Waals surface area contributed by atoms with Crippen LogP contribution >= 0.6 is 0 Å². The van der Waals surface area contributed by atoms with Crippen LogP contribution in [0.2, 0.25) is 0 Å². The number of benzene rings is 1. The molecule has 2 aliphatic rings. The summed E-state index contributed by atoms with van der Waals surface area (Å²) < 4.78 is 25.3. The molecule has 2 aliphatic heterocycles. The van der Waals surface area contributed by atoms with Gasteiger partial charge in [0, 0.05) is 44.9 Å². The number of nitrogens with zero attached hydrogens (tertiary/aromatic N) is 5. The van der Waals surface area contributed by atoms with Crippen molar-refractivity contribution < 1.29 is 29.2 Å². The Bertz CT molecular complexity index is 1240. The first kappa shape index (κ1) is 27.6. The van der Waals surface area contributed by atoms with Crippen molar-refractivity contribution in [1.82, 2.24) is 19.7 Å². The first-order chi connectivity index (χ1) is 18.9. The summed E-state index contributed by atoms with van der Waals surface area (Å²) in [5.74, 6) is 0.887. The Balaban J connectivity index is 1.49. The van der Waals surface area contributed by atoms with E-state index in [2.05, 4.69) is 4.90 Å². The summed E-state index contributed by atoms with van der Waals surface area (Å²) in [5.41, 5.74) is 2.10. The van der Waals surface area contributed by atoms with Gasteiger partial charge in [-0.1, -0.05) is 0 Å². The van der Waals surface area contributed by atoms with Gasteiger partial charge < -0.3 is 34.1 Å². The van der Waals surface area contributed by atoms with Crippen molar-refractivity contribution in [1.29, 1.82) is 0 Å². The quantitative estimate of drug-likeness (QED) is 0.347. The molecule has 1 aromatic carbocycles. The molecule has 0 bridgehead atoms. The fraction of sp³-hybridized carbons (Fsp3) is 0.607. The van der Waals surface area contributed by atoms with Crippen LogP contribution in [0, 0.1) is 0 Å². The van der Waals surface area contributed by atoms with E-state index in [-0.39, 0.29) is 30.2 Å². The van der Waals surface area contributed by atoms with E-state index in [0.29, 0.717) is 37.6 Å². The highest BCUT2D eigenvalue weighted by atomic mass is 16.5. The lowest BCUT2D eigenvalue weighted by Gasteiger charge is -2.23. The summed E-state index contributed by atoms with van der Waals surface area (Å²) in [6, 6.07) is 7.41. The molecule has 0 radical (unpaired) electrons. The average molecular weight is 542 g/mol. The van der Waals surface area contributed by atoms with Gasteiger partial charge in [0.15, 0.2) is 6.23 Å². The van der Waals surface area contributed by atoms with E-state index < -0.39 is 6.10 Å². The maximum Gasteiger partial charge on any atom is 0.319 e. The van der Waals surface area contributed by atoms with Gasteiger partial charge in [0.2, 0.25) is 0 Å². The Morgan fingerprint density at radius 3 is 2.77 bits per heavy atom. The number of ether oxygens (including phenoxy) is 4. The minimum Gasteiger partial charge on any atom is -0.508 e. The topological polar surface area (TPSA) is 124 Å². The van der Waals surface area contributed by atoms with Gasteiger partial charge in [-0.3, -0.25) is 0 Å². The molecule has 0 spiro atoms. The molecule has 212 valence electrons. The van der Waals surface area contributed by atoms with Crippen LogP contribution in [-0.4, -0.2) is 88.3 Å². The van der Waals surface area contributed by atoms with Gasteiger partial charge in [-0.25, -0.2) is 4.68 Å².